The standard InChI is InChI=1S/C13H14N2O4S/c1-15-11(16)7-10(12(17)18)20-13(15)14-8-3-5-9(19-2)6-4-8/h3-6,10H,7H2,1-2H3,(H,17,18)/p-1/t10-/m0/s1. The summed E-state index contributed by atoms with van der Waals surface area (Å²) in [4.78, 5) is 28.3. The molecule has 2 rings (SSSR count). The molecule has 1 aliphatic heterocycles. The number of aliphatic imine (C=N–C) groups is 1. The Labute approximate surface area is 120 Å². The first-order valence-corrected chi connectivity index (χ1v) is 6.76. The van der Waals surface area contributed by atoms with Crippen molar-refractivity contribution in [3.05, 3.63) is 24.3 Å². The quantitative estimate of drug-likeness (QED) is 0.805. The number of carbonyl (C=O) groups excluding carboxylic acids is 2. The number of methoxy groups -OCH3 is 1. The van der Waals surface area contributed by atoms with Crippen LogP contribution in [0.25, 0.3) is 0 Å². The number of hydrogen-bond donors (Lipinski definition) is 0. The Balaban J connectivity index is 2.25. The van der Waals surface area contributed by atoms with Crippen molar-refractivity contribution in [3.63, 3.8) is 0 Å². The van der Waals surface area contributed by atoms with Crippen molar-refractivity contribution >= 4 is 34.5 Å². The van der Waals surface area contributed by atoms with Gasteiger partial charge in [0.15, 0.2) is 5.17 Å². The van der Waals surface area contributed by atoms with Gasteiger partial charge in [-0.05, 0) is 24.3 Å². The first-order chi connectivity index (χ1) is 9.51. The molecule has 1 saturated heterocycles. The third-order valence-electron chi connectivity index (χ3n) is 2.83. The summed E-state index contributed by atoms with van der Waals surface area (Å²) in [6.45, 7) is 0. The smallest absolute Gasteiger partial charge is 0.229 e. The van der Waals surface area contributed by atoms with Gasteiger partial charge in [0.1, 0.15) is 5.75 Å². The summed E-state index contributed by atoms with van der Waals surface area (Å²) in [6.07, 6.45) is -0.0782. The molecule has 7 heteroatoms. The summed E-state index contributed by atoms with van der Waals surface area (Å²) in [5.41, 5.74) is 0.618. The van der Waals surface area contributed by atoms with Crippen LogP contribution in [0.3, 0.4) is 0 Å². The minimum absolute atomic E-state index is 0.0782. The maximum absolute atomic E-state index is 11.7. The molecule has 0 radical (unpaired) electrons. The number of ether oxygens (including phenoxy) is 1. The number of nitrogens with zero attached hydrogens (tertiary/aromatic N) is 2. The highest BCUT2D eigenvalue weighted by Crippen LogP contribution is 2.28. The number of thioether (sulfide) groups is 1. The van der Waals surface area contributed by atoms with Crippen LogP contribution in [0.2, 0.25) is 0 Å². The monoisotopic (exact) mass is 293 g/mol. The van der Waals surface area contributed by atoms with Gasteiger partial charge in [-0.25, -0.2) is 4.99 Å². The van der Waals surface area contributed by atoms with Gasteiger partial charge in [-0.1, -0.05) is 11.8 Å². The molecule has 1 heterocycles. The van der Waals surface area contributed by atoms with E-state index in [4.69, 9.17) is 4.74 Å². The van der Waals surface area contributed by atoms with Crippen LogP contribution >= 0.6 is 11.8 Å². The molecule has 20 heavy (non-hydrogen) atoms. The van der Waals surface area contributed by atoms with Crippen LogP contribution in [0.5, 0.6) is 5.75 Å². The maximum Gasteiger partial charge on any atom is 0.229 e. The van der Waals surface area contributed by atoms with E-state index >= 15 is 0 Å². The summed E-state index contributed by atoms with van der Waals surface area (Å²) in [5, 5.41) is 10.4. The number of carboxylic acids is 1. The zero-order chi connectivity index (χ0) is 14.7. The van der Waals surface area contributed by atoms with Crippen LogP contribution < -0.4 is 9.84 Å². The topological polar surface area (TPSA) is 82.0 Å². The number of carboxylic acid groups (broad SMARTS) is 1. The molecule has 0 N–H and O–H groups in total. The lowest BCUT2D eigenvalue weighted by Gasteiger charge is -2.29. The van der Waals surface area contributed by atoms with Gasteiger partial charge in [-0.3, -0.25) is 9.69 Å². The number of rotatable bonds is 3. The Hall–Kier alpha value is -2.02. The van der Waals surface area contributed by atoms with Crippen LogP contribution in [0, 0.1) is 0 Å². The SMILES string of the molecule is COc1ccc(N=C2S[C@H](C(=O)[O-])CC(=O)N2C)cc1. The number of carbonyl (C=O) groups is 2. The average Bonchev–Trinajstić information content (AvgIpc) is 2.44. The van der Waals surface area contributed by atoms with E-state index in [-0.39, 0.29) is 12.3 Å². The average molecular weight is 293 g/mol. The van der Waals surface area contributed by atoms with Crippen molar-refractivity contribution < 1.29 is 19.4 Å². The van der Waals surface area contributed by atoms with Gasteiger partial charge in [0, 0.05) is 13.5 Å². The van der Waals surface area contributed by atoms with Crippen molar-refractivity contribution in [2.45, 2.75) is 11.7 Å². The van der Waals surface area contributed by atoms with E-state index < -0.39 is 11.2 Å². The summed E-state index contributed by atoms with van der Waals surface area (Å²) in [7, 11) is 3.14. The molecule has 0 aliphatic carbocycles. The number of amidine groups is 1. The van der Waals surface area contributed by atoms with Crippen LogP contribution in [-0.4, -0.2) is 41.4 Å². The predicted molar refractivity (Wildman–Crippen MR) is 73.9 cm³/mol. The maximum atomic E-state index is 11.7. The second-order valence-electron chi connectivity index (χ2n) is 4.17. The first-order valence-electron chi connectivity index (χ1n) is 5.88. The molecule has 1 amide bonds. The fraction of sp³-hybridized carbons (Fsp3) is 0.308. The molecule has 106 valence electrons. The summed E-state index contributed by atoms with van der Waals surface area (Å²) >= 11 is 1.02. The number of amides is 1. The van der Waals surface area contributed by atoms with Gasteiger partial charge in [-0.2, -0.15) is 0 Å². The highest BCUT2D eigenvalue weighted by molar-refractivity contribution is 8.15. The number of aliphatic carboxylic acids is 1. The minimum atomic E-state index is -1.25. The molecule has 1 atom stereocenters. The Bertz CT molecular complexity index is 556. The Morgan fingerprint density at radius 1 is 1.45 bits per heavy atom. The Morgan fingerprint density at radius 3 is 2.65 bits per heavy atom. The first kappa shape index (κ1) is 14.4. The second kappa shape index (κ2) is 5.96. The van der Waals surface area contributed by atoms with Crippen LogP contribution in [0.15, 0.2) is 29.3 Å². The zero-order valence-corrected chi connectivity index (χ0v) is 11.8. The van der Waals surface area contributed by atoms with Gasteiger partial charge in [-0.15, -0.1) is 0 Å². The van der Waals surface area contributed by atoms with Crippen LogP contribution in [0.1, 0.15) is 6.42 Å². The Kier molecular flexibility index (Phi) is 4.29. The van der Waals surface area contributed by atoms with Crippen molar-refractivity contribution in [1.82, 2.24) is 4.90 Å². The van der Waals surface area contributed by atoms with Gasteiger partial charge in [0.2, 0.25) is 5.91 Å². The Morgan fingerprint density at radius 2 is 2.10 bits per heavy atom. The molecule has 0 unspecified atom stereocenters. The highest BCUT2D eigenvalue weighted by Gasteiger charge is 2.30. The number of benzene rings is 1. The molecule has 0 aromatic heterocycles. The van der Waals surface area contributed by atoms with Gasteiger partial charge < -0.3 is 14.6 Å². The molecule has 0 spiro atoms. The lowest BCUT2D eigenvalue weighted by Crippen LogP contribution is -2.45. The summed E-state index contributed by atoms with van der Waals surface area (Å²) in [6, 6.07) is 6.94. The van der Waals surface area contributed by atoms with Crippen LogP contribution in [-0.2, 0) is 9.59 Å². The van der Waals surface area contributed by atoms with Gasteiger partial charge in [0.05, 0.1) is 24.0 Å². The third-order valence-corrected chi connectivity index (χ3v) is 4.05. The molecule has 0 saturated carbocycles. The van der Waals surface area contributed by atoms with Gasteiger partial charge >= 0.3 is 0 Å². The molecule has 1 aliphatic rings. The van der Waals surface area contributed by atoms with E-state index in [0.29, 0.717) is 16.6 Å². The fourth-order valence-corrected chi connectivity index (χ4v) is 2.64. The molecular formula is C13H13N2O4S-. The van der Waals surface area contributed by atoms with E-state index in [1.165, 1.54) is 4.90 Å². The van der Waals surface area contributed by atoms with E-state index in [9.17, 15) is 14.7 Å². The molecule has 1 aromatic carbocycles. The van der Waals surface area contributed by atoms with Crippen LogP contribution in [0.4, 0.5) is 5.69 Å². The lowest BCUT2D eigenvalue weighted by atomic mass is 10.3. The van der Waals surface area contributed by atoms with E-state index in [2.05, 4.69) is 4.99 Å². The normalized spacial score (nSPS) is 21.1. The van der Waals surface area contributed by atoms with Crippen molar-refractivity contribution in [2.24, 2.45) is 4.99 Å². The van der Waals surface area contributed by atoms with Gasteiger partial charge in [0.25, 0.3) is 0 Å². The van der Waals surface area contributed by atoms with E-state index in [0.717, 1.165) is 11.8 Å². The minimum Gasteiger partial charge on any atom is -0.549 e. The van der Waals surface area contributed by atoms with E-state index in [1.807, 2.05) is 0 Å². The second-order valence-corrected chi connectivity index (χ2v) is 5.34. The number of hydrogen-bond acceptors (Lipinski definition) is 6. The summed E-state index contributed by atoms with van der Waals surface area (Å²) in [5.74, 6) is -0.841. The van der Waals surface area contributed by atoms with Crippen molar-refractivity contribution in [3.8, 4) is 5.75 Å². The van der Waals surface area contributed by atoms with E-state index in [1.54, 1.807) is 38.4 Å². The van der Waals surface area contributed by atoms with Crippen molar-refractivity contribution in [1.29, 1.82) is 0 Å². The zero-order valence-electron chi connectivity index (χ0n) is 11.0. The fourth-order valence-electron chi connectivity index (χ4n) is 1.65. The molecule has 1 aromatic rings. The molecular weight excluding hydrogens is 280 g/mol. The highest BCUT2D eigenvalue weighted by atomic mass is 32.2. The molecule has 6 nitrogen and oxygen atoms in total. The van der Waals surface area contributed by atoms with Crippen molar-refractivity contribution in [2.75, 3.05) is 14.2 Å². The molecule has 1 fully saturated rings. The summed E-state index contributed by atoms with van der Waals surface area (Å²) < 4.78 is 5.04. The predicted octanol–water partition coefficient (Wildman–Crippen LogP) is 0.396. The largest absolute Gasteiger partial charge is 0.549 e. The lowest BCUT2D eigenvalue weighted by molar-refractivity contribution is -0.304. The third kappa shape index (κ3) is 3.11. The molecule has 0 bridgehead atoms.